The molecule has 1 aromatic rings. The molecule has 2 N–H and O–H groups in total. The van der Waals surface area contributed by atoms with E-state index < -0.39 is 0 Å². The Bertz CT molecular complexity index is 555. The summed E-state index contributed by atoms with van der Waals surface area (Å²) in [6, 6.07) is -0.0341. The molecule has 0 radical (unpaired) electrons. The molecule has 1 atom stereocenters. The van der Waals surface area contributed by atoms with Crippen LogP contribution >= 0.6 is 11.3 Å². The van der Waals surface area contributed by atoms with E-state index in [-0.39, 0.29) is 12.0 Å². The average molecular weight is 355 g/mol. The van der Waals surface area contributed by atoms with Gasteiger partial charge in [-0.15, -0.1) is 11.3 Å². The molecule has 6 nitrogen and oxygen atoms in total. The van der Waals surface area contributed by atoms with Gasteiger partial charge in [-0.25, -0.2) is 9.78 Å². The third-order valence-electron chi connectivity index (χ3n) is 3.47. The summed E-state index contributed by atoms with van der Waals surface area (Å²) in [6.07, 6.45) is 2.30. The maximum Gasteiger partial charge on any atom is 0.350 e. The van der Waals surface area contributed by atoms with E-state index in [1.165, 1.54) is 17.8 Å². The van der Waals surface area contributed by atoms with E-state index in [4.69, 9.17) is 4.74 Å². The number of rotatable bonds is 8. The van der Waals surface area contributed by atoms with Crippen molar-refractivity contribution in [3.63, 3.8) is 0 Å². The van der Waals surface area contributed by atoms with Crippen LogP contribution in [-0.2, 0) is 4.74 Å². The molecule has 0 aliphatic carbocycles. The quantitative estimate of drug-likeness (QED) is 0.324. The Hall–Kier alpha value is -1.63. The molecule has 0 spiro atoms. The molecule has 0 aliphatic rings. The van der Waals surface area contributed by atoms with Crippen molar-refractivity contribution in [2.75, 3.05) is 20.2 Å². The molecule has 1 unspecified atom stereocenters. The molecule has 7 heteroatoms. The Morgan fingerprint density at radius 1 is 1.38 bits per heavy atom. The van der Waals surface area contributed by atoms with Crippen LogP contribution in [0.15, 0.2) is 4.99 Å². The molecule has 0 fully saturated rings. The number of hydrogen-bond donors (Lipinski definition) is 2. The number of thiazole rings is 1. The number of aryl methyl sites for hydroxylation is 1. The number of nitrogens with one attached hydrogen (secondary N) is 2. The van der Waals surface area contributed by atoms with Gasteiger partial charge >= 0.3 is 5.97 Å². The summed E-state index contributed by atoms with van der Waals surface area (Å²) in [5.74, 6) is 1.15. The van der Waals surface area contributed by atoms with E-state index in [1.807, 2.05) is 13.8 Å². The van der Waals surface area contributed by atoms with E-state index in [0.29, 0.717) is 23.1 Å². The van der Waals surface area contributed by atoms with Crippen LogP contribution < -0.4 is 10.6 Å². The highest BCUT2D eigenvalue weighted by Crippen LogP contribution is 2.24. The van der Waals surface area contributed by atoms with Crippen molar-refractivity contribution in [1.82, 2.24) is 15.6 Å². The zero-order chi connectivity index (χ0) is 18.1. The average Bonchev–Trinajstić information content (AvgIpc) is 2.92. The molecular weight excluding hydrogens is 324 g/mol. The highest BCUT2D eigenvalue weighted by molar-refractivity contribution is 7.13. The first-order valence-electron chi connectivity index (χ1n) is 8.50. The predicted octanol–water partition coefficient (Wildman–Crippen LogP) is 3.29. The van der Waals surface area contributed by atoms with Crippen molar-refractivity contribution in [2.45, 2.75) is 53.5 Å². The third kappa shape index (κ3) is 6.47. The van der Waals surface area contributed by atoms with Gasteiger partial charge in [0.05, 0.1) is 18.3 Å². The molecule has 0 amide bonds. The summed E-state index contributed by atoms with van der Waals surface area (Å²) in [5.41, 5.74) is 0.710. The van der Waals surface area contributed by atoms with Crippen LogP contribution in [0.3, 0.4) is 0 Å². The Morgan fingerprint density at radius 3 is 2.67 bits per heavy atom. The Kier molecular flexibility index (Phi) is 8.74. The van der Waals surface area contributed by atoms with Gasteiger partial charge in [-0.05, 0) is 39.5 Å². The number of carbonyl (C=O) groups is 1. The maximum atomic E-state index is 11.9. The number of aliphatic imine (C=N–C) groups is 1. The largest absolute Gasteiger partial charge is 0.462 e. The summed E-state index contributed by atoms with van der Waals surface area (Å²) in [4.78, 5) is 21.2. The molecule has 0 saturated heterocycles. The van der Waals surface area contributed by atoms with Crippen molar-refractivity contribution in [2.24, 2.45) is 10.9 Å². The lowest BCUT2D eigenvalue weighted by atomic mass is 10.1. The van der Waals surface area contributed by atoms with Gasteiger partial charge in [-0.3, -0.25) is 4.99 Å². The fourth-order valence-electron chi connectivity index (χ4n) is 2.17. The summed E-state index contributed by atoms with van der Waals surface area (Å²) >= 11 is 1.37. The molecule has 0 bridgehead atoms. The first-order valence-corrected chi connectivity index (χ1v) is 9.32. The van der Waals surface area contributed by atoms with Crippen molar-refractivity contribution in [3.8, 4) is 0 Å². The van der Waals surface area contributed by atoms with Gasteiger partial charge in [-0.1, -0.05) is 13.8 Å². The van der Waals surface area contributed by atoms with Gasteiger partial charge in [0.25, 0.3) is 0 Å². The standard InChI is InChI=1S/C17H30N4O2S/c1-7-23-16(22)14-12(4)20-15(24-14)13(5)21-17(18-6)19-10-8-9-11(2)3/h11,13H,7-10H2,1-6H3,(H2,18,19,21). The number of ether oxygens (including phenoxy) is 1. The van der Waals surface area contributed by atoms with E-state index in [0.717, 1.165) is 23.9 Å². The lowest BCUT2D eigenvalue weighted by molar-refractivity contribution is 0.0531. The van der Waals surface area contributed by atoms with Gasteiger partial charge in [0, 0.05) is 13.6 Å². The zero-order valence-corrected chi connectivity index (χ0v) is 16.4. The summed E-state index contributed by atoms with van der Waals surface area (Å²) in [6.45, 7) is 11.3. The number of nitrogens with zero attached hydrogens (tertiary/aromatic N) is 2. The first kappa shape index (κ1) is 20.4. The maximum absolute atomic E-state index is 11.9. The number of hydrogen-bond acceptors (Lipinski definition) is 5. The van der Waals surface area contributed by atoms with Crippen molar-refractivity contribution in [1.29, 1.82) is 0 Å². The summed E-state index contributed by atoms with van der Waals surface area (Å²) in [7, 11) is 1.75. The summed E-state index contributed by atoms with van der Waals surface area (Å²) in [5, 5.41) is 7.48. The second kappa shape index (κ2) is 10.3. The zero-order valence-electron chi connectivity index (χ0n) is 15.6. The first-order chi connectivity index (χ1) is 11.4. The minimum Gasteiger partial charge on any atom is -0.462 e. The van der Waals surface area contributed by atoms with Gasteiger partial charge < -0.3 is 15.4 Å². The number of aromatic nitrogens is 1. The minimum atomic E-state index is -0.304. The Labute approximate surface area is 149 Å². The van der Waals surface area contributed by atoms with E-state index >= 15 is 0 Å². The van der Waals surface area contributed by atoms with Crippen molar-refractivity contribution < 1.29 is 9.53 Å². The molecular formula is C17H30N4O2S. The smallest absolute Gasteiger partial charge is 0.350 e. The van der Waals surface area contributed by atoms with E-state index in [2.05, 4.69) is 34.5 Å². The van der Waals surface area contributed by atoms with Gasteiger partial charge in [0.2, 0.25) is 0 Å². The van der Waals surface area contributed by atoms with Gasteiger partial charge in [0.1, 0.15) is 9.88 Å². The van der Waals surface area contributed by atoms with Crippen LogP contribution in [-0.4, -0.2) is 37.1 Å². The van der Waals surface area contributed by atoms with E-state index in [9.17, 15) is 4.79 Å². The highest BCUT2D eigenvalue weighted by atomic mass is 32.1. The predicted molar refractivity (Wildman–Crippen MR) is 99.8 cm³/mol. The van der Waals surface area contributed by atoms with Crippen molar-refractivity contribution >= 4 is 23.3 Å². The van der Waals surface area contributed by atoms with Gasteiger partial charge in [0.15, 0.2) is 5.96 Å². The fraction of sp³-hybridized carbons (Fsp3) is 0.706. The SMILES string of the molecule is CCOC(=O)c1sc(C(C)NC(=NC)NCCCC(C)C)nc1C. The molecule has 0 aromatic carbocycles. The van der Waals surface area contributed by atoms with Crippen LogP contribution in [0, 0.1) is 12.8 Å². The molecule has 1 heterocycles. The molecule has 0 saturated carbocycles. The van der Waals surface area contributed by atoms with Crippen LogP contribution in [0.25, 0.3) is 0 Å². The molecule has 1 aromatic heterocycles. The molecule has 0 aliphatic heterocycles. The lowest BCUT2D eigenvalue weighted by Gasteiger charge is -2.16. The number of esters is 1. The van der Waals surface area contributed by atoms with Gasteiger partial charge in [-0.2, -0.15) is 0 Å². The molecule has 24 heavy (non-hydrogen) atoms. The Morgan fingerprint density at radius 2 is 2.08 bits per heavy atom. The lowest BCUT2D eigenvalue weighted by Crippen LogP contribution is -2.39. The normalized spacial score (nSPS) is 13.0. The van der Waals surface area contributed by atoms with Crippen LogP contribution in [0.1, 0.15) is 67.0 Å². The second-order valence-electron chi connectivity index (χ2n) is 6.09. The van der Waals surface area contributed by atoms with Crippen molar-refractivity contribution in [3.05, 3.63) is 15.6 Å². The third-order valence-corrected chi connectivity index (χ3v) is 4.79. The number of guanidine groups is 1. The monoisotopic (exact) mass is 354 g/mol. The second-order valence-corrected chi connectivity index (χ2v) is 7.12. The fourth-order valence-corrected chi connectivity index (χ4v) is 3.13. The molecule has 1 rings (SSSR count). The number of carbonyl (C=O) groups excluding carboxylic acids is 1. The highest BCUT2D eigenvalue weighted by Gasteiger charge is 2.19. The minimum absolute atomic E-state index is 0.0341. The van der Waals surface area contributed by atoms with Crippen LogP contribution in [0.5, 0.6) is 0 Å². The molecule has 136 valence electrons. The van der Waals surface area contributed by atoms with Crippen LogP contribution in [0.4, 0.5) is 0 Å². The summed E-state index contributed by atoms with van der Waals surface area (Å²) < 4.78 is 5.06. The topological polar surface area (TPSA) is 75.6 Å². The van der Waals surface area contributed by atoms with Crippen LogP contribution in [0.2, 0.25) is 0 Å². The Balaban J connectivity index is 2.61. The van der Waals surface area contributed by atoms with E-state index in [1.54, 1.807) is 14.0 Å².